The second-order valence-electron chi connectivity index (χ2n) is 3.57. The molecule has 1 aliphatic rings. The van der Waals surface area contributed by atoms with Gasteiger partial charge in [0.05, 0.1) is 6.61 Å². The molecule has 1 aliphatic heterocycles. The first kappa shape index (κ1) is 14.5. The summed E-state index contributed by atoms with van der Waals surface area (Å²) in [6, 6.07) is 0. The first-order chi connectivity index (χ1) is 7.97. The molecule has 10 heteroatoms. The Labute approximate surface area is 102 Å². The van der Waals surface area contributed by atoms with Crippen molar-refractivity contribution in [2.45, 2.75) is 30.6 Å². The van der Waals surface area contributed by atoms with Gasteiger partial charge in [0.25, 0.3) is 0 Å². The summed E-state index contributed by atoms with van der Waals surface area (Å²) in [7, 11) is 0. The van der Waals surface area contributed by atoms with E-state index >= 15 is 0 Å². The lowest BCUT2D eigenvalue weighted by molar-refractivity contribution is -0.126. The molecule has 1 saturated heterocycles. The number of thiocarbonyl (C=S) groups is 1. The second kappa shape index (κ2) is 6.37. The Morgan fingerprint density at radius 2 is 1.59 bits per heavy atom. The normalized spacial score (nSPS) is 24.4. The van der Waals surface area contributed by atoms with Gasteiger partial charge in [-0.1, -0.05) is 0 Å². The monoisotopic (exact) mass is 268 g/mol. The number of aliphatic hydroxyl groups excluding tert-OH is 5. The maximum atomic E-state index is 9.69. The van der Waals surface area contributed by atoms with E-state index in [1.54, 1.807) is 0 Å². The Morgan fingerprint density at radius 3 is 2.06 bits per heavy atom. The molecule has 0 saturated carbocycles. The van der Waals surface area contributed by atoms with Gasteiger partial charge in [0.1, 0.15) is 30.6 Å². The molecule has 0 aromatic carbocycles. The lowest BCUT2D eigenvalue weighted by Crippen LogP contribution is -2.71. The molecular formula is C7H16N4O5S. The van der Waals surface area contributed by atoms with Crippen LogP contribution in [-0.4, -0.2) is 67.8 Å². The molecule has 9 N–H and O–H groups in total. The number of rotatable bonds is 5. The van der Waals surface area contributed by atoms with Crippen molar-refractivity contribution in [3.8, 4) is 0 Å². The fourth-order valence-corrected chi connectivity index (χ4v) is 1.38. The molecule has 0 amide bonds. The molecule has 17 heavy (non-hydrogen) atoms. The van der Waals surface area contributed by atoms with Crippen LogP contribution in [0.4, 0.5) is 0 Å². The lowest BCUT2D eigenvalue weighted by atomic mass is 10.0. The zero-order valence-electron chi connectivity index (χ0n) is 8.74. The first-order valence-electron chi connectivity index (χ1n) is 4.87. The molecule has 9 nitrogen and oxygen atoms in total. The van der Waals surface area contributed by atoms with Crippen LogP contribution in [-0.2, 0) is 0 Å². The van der Waals surface area contributed by atoms with E-state index in [4.69, 9.17) is 22.4 Å². The Bertz CT molecular complexity index is 261. The van der Waals surface area contributed by atoms with Crippen LogP contribution in [0.1, 0.15) is 0 Å². The summed E-state index contributed by atoms with van der Waals surface area (Å²) in [6.07, 6.45) is -7.17. The third kappa shape index (κ3) is 3.69. The molecule has 1 fully saturated rings. The van der Waals surface area contributed by atoms with Gasteiger partial charge < -0.3 is 25.5 Å². The summed E-state index contributed by atoms with van der Waals surface area (Å²) < 4.78 is 0. The van der Waals surface area contributed by atoms with Crippen LogP contribution in [0.25, 0.3) is 0 Å². The maximum Gasteiger partial charge on any atom is 0.195 e. The van der Waals surface area contributed by atoms with Gasteiger partial charge in [-0.05, 0) is 12.2 Å². The summed E-state index contributed by atoms with van der Waals surface area (Å²) >= 11 is 4.71. The molecule has 0 aromatic heterocycles. The van der Waals surface area contributed by atoms with Gasteiger partial charge in [-0.2, -0.15) is 0 Å². The van der Waals surface area contributed by atoms with Crippen molar-refractivity contribution in [2.75, 3.05) is 6.61 Å². The van der Waals surface area contributed by atoms with E-state index < -0.39 is 37.2 Å². The van der Waals surface area contributed by atoms with Crippen LogP contribution in [0.2, 0.25) is 0 Å². The van der Waals surface area contributed by atoms with Crippen molar-refractivity contribution < 1.29 is 25.5 Å². The zero-order chi connectivity index (χ0) is 13.0. The van der Waals surface area contributed by atoms with Gasteiger partial charge in [0.2, 0.25) is 0 Å². The van der Waals surface area contributed by atoms with Gasteiger partial charge in [0, 0.05) is 0 Å². The van der Waals surface area contributed by atoms with Crippen LogP contribution in [0.15, 0.2) is 0 Å². The van der Waals surface area contributed by atoms with Crippen molar-refractivity contribution >= 4 is 17.3 Å². The highest BCUT2D eigenvalue weighted by Gasteiger charge is 2.35. The number of hydrogen-bond acceptors (Lipinski definition) is 8. The Hall–Kier alpha value is -0.590. The van der Waals surface area contributed by atoms with Gasteiger partial charge in [-0.15, -0.1) is 0 Å². The molecule has 0 bridgehead atoms. The number of aliphatic hydroxyl groups is 5. The average Bonchev–Trinajstić information content (AvgIpc) is 2.36. The van der Waals surface area contributed by atoms with E-state index in [1.165, 1.54) is 0 Å². The van der Waals surface area contributed by atoms with Crippen LogP contribution in [0, 0.1) is 0 Å². The van der Waals surface area contributed by atoms with E-state index in [0.717, 1.165) is 0 Å². The predicted octanol–water partition coefficient (Wildman–Crippen LogP) is -4.76. The van der Waals surface area contributed by atoms with E-state index in [2.05, 4.69) is 21.7 Å². The molecular weight excluding hydrogens is 252 g/mol. The highest BCUT2D eigenvalue weighted by molar-refractivity contribution is 7.80. The minimum atomic E-state index is -1.67. The molecule has 0 aliphatic carbocycles. The van der Waals surface area contributed by atoms with Crippen LogP contribution < -0.4 is 21.7 Å². The van der Waals surface area contributed by atoms with Gasteiger partial charge in [0.15, 0.2) is 5.11 Å². The summed E-state index contributed by atoms with van der Waals surface area (Å²) in [5.41, 5.74) is 10.0. The molecule has 0 aromatic rings. The lowest BCUT2D eigenvalue weighted by Gasteiger charge is -2.35. The largest absolute Gasteiger partial charge is 0.394 e. The summed E-state index contributed by atoms with van der Waals surface area (Å²) in [5.74, 6) is 0. The van der Waals surface area contributed by atoms with Crippen LogP contribution >= 0.6 is 12.2 Å². The van der Waals surface area contributed by atoms with Crippen LogP contribution in [0.5, 0.6) is 0 Å². The molecule has 0 spiro atoms. The van der Waals surface area contributed by atoms with Crippen LogP contribution in [0.3, 0.4) is 0 Å². The predicted molar refractivity (Wildman–Crippen MR) is 60.0 cm³/mol. The summed E-state index contributed by atoms with van der Waals surface area (Å²) in [6.45, 7) is -0.725. The third-order valence-electron chi connectivity index (χ3n) is 2.31. The van der Waals surface area contributed by atoms with Crippen molar-refractivity contribution in [1.82, 2.24) is 21.7 Å². The minimum absolute atomic E-state index is 0.249. The van der Waals surface area contributed by atoms with Gasteiger partial charge >= 0.3 is 0 Å². The van der Waals surface area contributed by atoms with E-state index in [1.807, 2.05) is 0 Å². The topological polar surface area (TPSA) is 149 Å². The average molecular weight is 268 g/mol. The SMILES string of the molecule is OC[C@H](O)[C@H](O)[C@@H](O)[C@@H](O)C1NNC(=S)NN1. The highest BCUT2D eigenvalue weighted by atomic mass is 32.1. The Morgan fingerprint density at radius 1 is 1.06 bits per heavy atom. The van der Waals surface area contributed by atoms with Gasteiger partial charge in [-0.3, -0.25) is 10.9 Å². The Kier molecular flexibility index (Phi) is 5.42. The molecule has 1 rings (SSSR count). The van der Waals surface area contributed by atoms with E-state index in [0.29, 0.717) is 0 Å². The fourth-order valence-electron chi connectivity index (χ4n) is 1.26. The standard InChI is InChI=1S/C7H16N4O5S/c12-1-2(13)3(14)4(15)5(16)6-8-10-7(17)11-9-6/h2-6,8-9,12-16H,1H2,(H2,10,11,17)/t2-,3-,4+,5+/m0/s1. The number of nitrogens with one attached hydrogen (secondary N) is 4. The quantitative estimate of drug-likeness (QED) is 0.222. The van der Waals surface area contributed by atoms with Crippen molar-refractivity contribution in [1.29, 1.82) is 0 Å². The number of hydrazine groups is 2. The van der Waals surface area contributed by atoms with Crippen molar-refractivity contribution in [2.24, 2.45) is 0 Å². The van der Waals surface area contributed by atoms with Crippen molar-refractivity contribution in [3.05, 3.63) is 0 Å². The smallest absolute Gasteiger partial charge is 0.195 e. The molecule has 0 unspecified atom stereocenters. The van der Waals surface area contributed by atoms with E-state index in [-0.39, 0.29) is 5.11 Å². The second-order valence-corrected chi connectivity index (χ2v) is 3.98. The molecule has 4 atom stereocenters. The zero-order valence-corrected chi connectivity index (χ0v) is 9.55. The highest BCUT2D eigenvalue weighted by Crippen LogP contribution is 2.07. The summed E-state index contributed by atoms with van der Waals surface area (Å²) in [5, 5.41) is 46.6. The summed E-state index contributed by atoms with van der Waals surface area (Å²) in [4.78, 5) is 0. The third-order valence-corrected chi connectivity index (χ3v) is 2.51. The molecule has 100 valence electrons. The fraction of sp³-hybridized carbons (Fsp3) is 0.857. The van der Waals surface area contributed by atoms with E-state index in [9.17, 15) is 15.3 Å². The first-order valence-corrected chi connectivity index (χ1v) is 5.28. The molecule has 0 radical (unpaired) electrons. The number of hydrogen-bond donors (Lipinski definition) is 9. The van der Waals surface area contributed by atoms with Gasteiger partial charge in [-0.25, -0.2) is 10.9 Å². The van der Waals surface area contributed by atoms with Crippen molar-refractivity contribution in [3.63, 3.8) is 0 Å². The Balaban J connectivity index is 2.50. The minimum Gasteiger partial charge on any atom is -0.394 e. The molecule has 1 heterocycles. The maximum absolute atomic E-state index is 9.69.